The first-order valence-electron chi connectivity index (χ1n) is 8.44. The third kappa shape index (κ3) is 4.72. The molecule has 0 radical (unpaired) electrons. The molecule has 0 aliphatic carbocycles. The van der Waals surface area contributed by atoms with E-state index in [0.717, 1.165) is 0 Å². The van der Waals surface area contributed by atoms with E-state index >= 15 is 0 Å². The molecule has 7 heteroatoms. The Morgan fingerprint density at radius 1 is 1.20 bits per heavy atom. The van der Waals surface area contributed by atoms with Gasteiger partial charge in [0.05, 0.1) is 10.6 Å². The number of nitrogens with one attached hydrogen (secondary N) is 1. The summed E-state index contributed by atoms with van der Waals surface area (Å²) < 4.78 is 0. The van der Waals surface area contributed by atoms with Crippen LogP contribution in [0.3, 0.4) is 0 Å². The Morgan fingerprint density at radius 2 is 1.80 bits per heavy atom. The molecule has 2 rings (SSSR count). The first-order valence-corrected chi connectivity index (χ1v) is 8.82. The summed E-state index contributed by atoms with van der Waals surface area (Å²) >= 11 is 6.06. The van der Waals surface area contributed by atoms with Gasteiger partial charge in [-0.25, -0.2) is 0 Å². The molecule has 1 aliphatic rings. The lowest BCUT2D eigenvalue weighted by Gasteiger charge is -2.34. The van der Waals surface area contributed by atoms with Crippen LogP contribution in [-0.4, -0.2) is 41.8 Å². The van der Waals surface area contributed by atoms with Gasteiger partial charge in [0.1, 0.15) is 6.04 Å². The monoisotopic (exact) mass is 365 g/mol. The maximum absolute atomic E-state index is 12.8. The molecule has 0 spiro atoms. The summed E-state index contributed by atoms with van der Waals surface area (Å²) in [5, 5.41) is 3.14. The van der Waals surface area contributed by atoms with Crippen molar-refractivity contribution in [1.82, 2.24) is 10.2 Å². The molecule has 1 aliphatic heterocycles. The number of carbonyl (C=O) groups is 3. The highest BCUT2D eigenvalue weighted by Crippen LogP contribution is 2.20. The summed E-state index contributed by atoms with van der Waals surface area (Å²) in [6.45, 7) is 4.70. The molecule has 1 aromatic rings. The van der Waals surface area contributed by atoms with Crippen LogP contribution in [0.2, 0.25) is 5.02 Å². The molecule has 0 bridgehead atoms. The van der Waals surface area contributed by atoms with Crippen LogP contribution in [0.5, 0.6) is 0 Å². The van der Waals surface area contributed by atoms with Gasteiger partial charge in [-0.15, -0.1) is 0 Å². The van der Waals surface area contributed by atoms with Crippen molar-refractivity contribution in [1.29, 1.82) is 0 Å². The van der Waals surface area contributed by atoms with Crippen LogP contribution in [0.1, 0.15) is 37.0 Å². The molecule has 1 fully saturated rings. The minimum atomic E-state index is -0.645. The maximum Gasteiger partial charge on any atom is 0.253 e. The number of rotatable bonds is 5. The molecular weight excluding hydrogens is 342 g/mol. The topological polar surface area (TPSA) is 92.5 Å². The SMILES string of the molecule is CC(C)[C@H](NC(=O)c1ccccc1Cl)C(=O)N1CCC(C(N)=O)CC1. The fourth-order valence-electron chi connectivity index (χ4n) is 2.96. The lowest BCUT2D eigenvalue weighted by atomic mass is 9.94. The van der Waals surface area contributed by atoms with Crippen molar-refractivity contribution in [3.63, 3.8) is 0 Å². The largest absolute Gasteiger partial charge is 0.369 e. The maximum atomic E-state index is 12.8. The second-order valence-electron chi connectivity index (χ2n) is 6.68. The van der Waals surface area contributed by atoms with Crippen LogP contribution < -0.4 is 11.1 Å². The molecule has 3 amide bonds. The van der Waals surface area contributed by atoms with Crippen molar-refractivity contribution in [3.05, 3.63) is 34.9 Å². The van der Waals surface area contributed by atoms with Crippen LogP contribution in [0.15, 0.2) is 24.3 Å². The van der Waals surface area contributed by atoms with Gasteiger partial charge in [0, 0.05) is 19.0 Å². The third-order valence-corrected chi connectivity index (χ3v) is 4.88. The van der Waals surface area contributed by atoms with Crippen molar-refractivity contribution in [3.8, 4) is 0 Å². The molecular formula is C18H24ClN3O3. The molecule has 1 aromatic carbocycles. The van der Waals surface area contributed by atoms with E-state index in [-0.39, 0.29) is 29.6 Å². The van der Waals surface area contributed by atoms with Crippen molar-refractivity contribution in [2.75, 3.05) is 13.1 Å². The number of halogens is 1. The highest BCUT2D eigenvalue weighted by Gasteiger charge is 2.32. The summed E-state index contributed by atoms with van der Waals surface area (Å²) in [4.78, 5) is 38.3. The predicted molar refractivity (Wildman–Crippen MR) is 96.0 cm³/mol. The summed E-state index contributed by atoms with van der Waals surface area (Å²) in [6.07, 6.45) is 1.12. The summed E-state index contributed by atoms with van der Waals surface area (Å²) in [7, 11) is 0. The van der Waals surface area contributed by atoms with E-state index in [1.54, 1.807) is 29.2 Å². The predicted octanol–water partition coefficient (Wildman–Crippen LogP) is 1.82. The standard InChI is InChI=1S/C18H24ClN3O3/c1-11(2)15(21-17(24)13-5-3-4-6-14(13)19)18(25)22-9-7-12(8-10-22)16(20)23/h3-6,11-12,15H,7-10H2,1-2H3,(H2,20,23)(H,21,24)/t15-/m0/s1. The number of amides is 3. The zero-order valence-corrected chi connectivity index (χ0v) is 15.3. The van der Waals surface area contributed by atoms with E-state index in [0.29, 0.717) is 36.5 Å². The van der Waals surface area contributed by atoms with Crippen molar-refractivity contribution in [2.24, 2.45) is 17.6 Å². The average Bonchev–Trinajstić information content (AvgIpc) is 2.59. The zero-order valence-electron chi connectivity index (χ0n) is 14.5. The Hall–Kier alpha value is -2.08. The summed E-state index contributed by atoms with van der Waals surface area (Å²) in [5.41, 5.74) is 5.67. The van der Waals surface area contributed by atoms with E-state index in [1.807, 2.05) is 13.8 Å². The molecule has 0 aromatic heterocycles. The highest BCUT2D eigenvalue weighted by molar-refractivity contribution is 6.33. The van der Waals surface area contributed by atoms with E-state index < -0.39 is 6.04 Å². The number of nitrogens with two attached hydrogens (primary N) is 1. The molecule has 3 N–H and O–H groups in total. The smallest absolute Gasteiger partial charge is 0.253 e. The molecule has 6 nitrogen and oxygen atoms in total. The lowest BCUT2D eigenvalue weighted by molar-refractivity contribution is -0.137. The number of piperidine rings is 1. The minimum absolute atomic E-state index is 0.0761. The average molecular weight is 366 g/mol. The number of nitrogens with zero attached hydrogens (tertiary/aromatic N) is 1. The normalized spacial score (nSPS) is 16.6. The van der Waals surface area contributed by atoms with Gasteiger partial charge in [-0.1, -0.05) is 37.6 Å². The van der Waals surface area contributed by atoms with Gasteiger partial charge in [0.2, 0.25) is 11.8 Å². The second-order valence-corrected chi connectivity index (χ2v) is 7.08. The van der Waals surface area contributed by atoms with Crippen molar-refractivity contribution >= 4 is 29.3 Å². The quantitative estimate of drug-likeness (QED) is 0.833. The van der Waals surface area contributed by atoms with Gasteiger partial charge >= 0.3 is 0 Å². The summed E-state index contributed by atoms with van der Waals surface area (Å²) in [5.74, 6) is -1.09. The van der Waals surface area contributed by atoms with Crippen LogP contribution >= 0.6 is 11.6 Å². The van der Waals surface area contributed by atoms with Gasteiger partial charge in [0.25, 0.3) is 5.91 Å². The number of carbonyl (C=O) groups excluding carboxylic acids is 3. The van der Waals surface area contributed by atoms with E-state index in [2.05, 4.69) is 5.32 Å². The number of benzene rings is 1. The molecule has 0 saturated carbocycles. The third-order valence-electron chi connectivity index (χ3n) is 4.55. The van der Waals surface area contributed by atoms with Crippen LogP contribution in [0, 0.1) is 11.8 Å². The Labute approximate surface area is 152 Å². The Bertz CT molecular complexity index is 655. The van der Waals surface area contributed by atoms with Gasteiger partial charge in [-0.05, 0) is 30.9 Å². The minimum Gasteiger partial charge on any atom is -0.369 e. The molecule has 136 valence electrons. The molecule has 1 saturated heterocycles. The number of primary amides is 1. The van der Waals surface area contributed by atoms with E-state index in [4.69, 9.17) is 17.3 Å². The van der Waals surface area contributed by atoms with E-state index in [1.165, 1.54) is 0 Å². The molecule has 25 heavy (non-hydrogen) atoms. The zero-order chi connectivity index (χ0) is 18.6. The Morgan fingerprint density at radius 3 is 2.32 bits per heavy atom. The fraction of sp³-hybridized carbons (Fsp3) is 0.500. The van der Waals surface area contributed by atoms with Gasteiger partial charge in [0.15, 0.2) is 0 Å². The van der Waals surface area contributed by atoms with Crippen LogP contribution in [0.4, 0.5) is 0 Å². The Kier molecular flexibility index (Phi) is 6.42. The first-order chi connectivity index (χ1) is 11.8. The fourth-order valence-corrected chi connectivity index (χ4v) is 3.18. The lowest BCUT2D eigenvalue weighted by Crippen LogP contribution is -2.53. The highest BCUT2D eigenvalue weighted by atomic mass is 35.5. The van der Waals surface area contributed by atoms with E-state index in [9.17, 15) is 14.4 Å². The van der Waals surface area contributed by atoms with Gasteiger partial charge in [-0.2, -0.15) is 0 Å². The Balaban J connectivity index is 2.05. The molecule has 1 atom stereocenters. The van der Waals surface area contributed by atoms with Crippen molar-refractivity contribution in [2.45, 2.75) is 32.7 Å². The first kappa shape index (κ1) is 19.2. The second kappa shape index (κ2) is 8.34. The summed E-state index contributed by atoms with van der Waals surface area (Å²) in [6, 6.07) is 6.08. The van der Waals surface area contributed by atoms with Gasteiger partial charge < -0.3 is 16.0 Å². The number of likely N-dealkylation sites (tertiary alicyclic amines) is 1. The molecule has 1 heterocycles. The number of hydrogen-bond acceptors (Lipinski definition) is 3. The van der Waals surface area contributed by atoms with Crippen molar-refractivity contribution < 1.29 is 14.4 Å². The number of hydrogen-bond donors (Lipinski definition) is 2. The van der Waals surface area contributed by atoms with Gasteiger partial charge in [-0.3, -0.25) is 14.4 Å². The van der Waals surface area contributed by atoms with Crippen LogP contribution in [-0.2, 0) is 9.59 Å². The van der Waals surface area contributed by atoms with Crippen LogP contribution in [0.25, 0.3) is 0 Å². The molecule has 0 unspecified atom stereocenters.